The van der Waals surface area contributed by atoms with Gasteiger partial charge in [-0.25, -0.2) is 4.39 Å². The minimum atomic E-state index is -0.363. The second kappa shape index (κ2) is 4.89. The molecular formula is C13H8FNOS. The molecule has 4 heteroatoms. The predicted molar refractivity (Wildman–Crippen MR) is 63.5 cm³/mol. The summed E-state index contributed by atoms with van der Waals surface area (Å²) in [6.07, 6.45) is 0.307. The number of carbonyl (C=O) groups excluding carboxylic acids is 1. The maximum absolute atomic E-state index is 12.7. The van der Waals surface area contributed by atoms with Gasteiger partial charge in [0, 0.05) is 10.4 Å². The number of hydrogen-bond donors (Lipinski definition) is 0. The van der Waals surface area contributed by atoms with Crippen molar-refractivity contribution in [1.82, 2.24) is 0 Å². The molecule has 0 aliphatic carbocycles. The number of carbonyl (C=O) groups is 1. The van der Waals surface area contributed by atoms with Crippen molar-refractivity contribution >= 4 is 17.1 Å². The highest BCUT2D eigenvalue weighted by atomic mass is 32.1. The SMILES string of the molecule is N#CCc1ccc(C(=O)c2ccc(F)cc2)s1. The summed E-state index contributed by atoms with van der Waals surface area (Å²) >= 11 is 1.30. The molecule has 0 atom stereocenters. The summed E-state index contributed by atoms with van der Waals surface area (Å²) in [5.41, 5.74) is 0.455. The highest BCUT2D eigenvalue weighted by molar-refractivity contribution is 7.14. The second-order valence-electron chi connectivity index (χ2n) is 3.44. The Kier molecular flexibility index (Phi) is 3.31. The van der Waals surface area contributed by atoms with Crippen molar-refractivity contribution in [3.05, 3.63) is 57.5 Å². The Morgan fingerprint density at radius 1 is 1.24 bits per heavy atom. The van der Waals surface area contributed by atoms with E-state index < -0.39 is 0 Å². The third kappa shape index (κ3) is 2.58. The third-order valence-corrected chi connectivity index (χ3v) is 3.33. The van der Waals surface area contributed by atoms with E-state index >= 15 is 0 Å². The van der Waals surface area contributed by atoms with Crippen LogP contribution in [0.2, 0.25) is 0 Å². The maximum atomic E-state index is 12.7. The molecule has 17 heavy (non-hydrogen) atoms. The lowest BCUT2D eigenvalue weighted by Gasteiger charge is -1.97. The van der Waals surface area contributed by atoms with Gasteiger partial charge in [0.15, 0.2) is 0 Å². The molecule has 84 valence electrons. The highest BCUT2D eigenvalue weighted by Crippen LogP contribution is 2.20. The molecule has 2 aromatic rings. The Balaban J connectivity index is 2.25. The number of thiophene rings is 1. The van der Waals surface area contributed by atoms with E-state index in [-0.39, 0.29) is 11.6 Å². The number of nitriles is 1. The molecule has 0 spiro atoms. The molecule has 0 N–H and O–H groups in total. The summed E-state index contributed by atoms with van der Waals surface area (Å²) in [5, 5.41) is 8.55. The van der Waals surface area contributed by atoms with Crippen LogP contribution in [0.1, 0.15) is 20.1 Å². The molecule has 0 radical (unpaired) electrons. The van der Waals surface area contributed by atoms with Crippen molar-refractivity contribution < 1.29 is 9.18 Å². The fourth-order valence-electron chi connectivity index (χ4n) is 1.42. The minimum Gasteiger partial charge on any atom is -0.288 e. The quantitative estimate of drug-likeness (QED) is 0.779. The predicted octanol–water partition coefficient (Wildman–Crippen LogP) is 3.18. The van der Waals surface area contributed by atoms with E-state index in [1.807, 2.05) is 6.07 Å². The molecule has 1 aromatic heterocycles. The largest absolute Gasteiger partial charge is 0.288 e. The molecule has 0 fully saturated rings. The first-order valence-electron chi connectivity index (χ1n) is 4.96. The van der Waals surface area contributed by atoms with E-state index in [9.17, 15) is 9.18 Å². The third-order valence-electron chi connectivity index (χ3n) is 2.25. The molecule has 2 nitrogen and oxygen atoms in total. The Morgan fingerprint density at radius 3 is 2.59 bits per heavy atom. The minimum absolute atomic E-state index is 0.140. The summed E-state index contributed by atoms with van der Waals surface area (Å²) in [5.74, 6) is -0.503. The number of ketones is 1. The van der Waals surface area contributed by atoms with Gasteiger partial charge in [-0.1, -0.05) is 0 Å². The first kappa shape index (κ1) is 11.5. The number of halogens is 1. The molecule has 0 saturated carbocycles. The average molecular weight is 245 g/mol. The number of benzene rings is 1. The number of hydrogen-bond acceptors (Lipinski definition) is 3. The molecule has 0 aliphatic heterocycles. The summed E-state index contributed by atoms with van der Waals surface area (Å²) in [7, 11) is 0. The lowest BCUT2D eigenvalue weighted by atomic mass is 10.1. The zero-order chi connectivity index (χ0) is 12.3. The maximum Gasteiger partial charge on any atom is 0.202 e. The molecule has 0 bridgehead atoms. The second-order valence-corrected chi connectivity index (χ2v) is 4.61. The van der Waals surface area contributed by atoms with Gasteiger partial charge >= 0.3 is 0 Å². The summed E-state index contributed by atoms with van der Waals surface area (Å²) in [4.78, 5) is 13.4. The number of rotatable bonds is 3. The molecular weight excluding hydrogens is 237 g/mol. The molecule has 0 amide bonds. The van der Waals surface area contributed by atoms with Crippen LogP contribution in [0.5, 0.6) is 0 Å². The monoisotopic (exact) mass is 245 g/mol. The Bertz CT molecular complexity index is 580. The molecule has 1 heterocycles. The van der Waals surface area contributed by atoms with Crippen LogP contribution in [0.3, 0.4) is 0 Å². The topological polar surface area (TPSA) is 40.9 Å². The first-order chi connectivity index (χ1) is 8.20. The normalized spacial score (nSPS) is 9.88. The Hall–Kier alpha value is -1.99. The number of nitrogens with zero attached hydrogens (tertiary/aromatic N) is 1. The average Bonchev–Trinajstić information content (AvgIpc) is 2.78. The summed E-state index contributed by atoms with van der Waals surface area (Å²) < 4.78 is 12.7. The van der Waals surface area contributed by atoms with Crippen LogP contribution < -0.4 is 0 Å². The van der Waals surface area contributed by atoms with Gasteiger partial charge in [-0.3, -0.25) is 4.79 Å². The van der Waals surface area contributed by atoms with Crippen molar-refractivity contribution in [2.75, 3.05) is 0 Å². The van der Waals surface area contributed by atoms with Gasteiger partial charge in [-0.05, 0) is 36.4 Å². The zero-order valence-electron chi connectivity index (χ0n) is 8.81. The molecule has 0 unspecified atom stereocenters. The van der Waals surface area contributed by atoms with Gasteiger partial charge in [0.05, 0.1) is 17.4 Å². The van der Waals surface area contributed by atoms with Crippen LogP contribution in [-0.4, -0.2) is 5.78 Å². The highest BCUT2D eigenvalue weighted by Gasteiger charge is 2.11. The van der Waals surface area contributed by atoms with Crippen LogP contribution in [0.15, 0.2) is 36.4 Å². The van der Waals surface area contributed by atoms with E-state index in [1.54, 1.807) is 12.1 Å². The van der Waals surface area contributed by atoms with Crippen LogP contribution in [-0.2, 0) is 6.42 Å². The zero-order valence-corrected chi connectivity index (χ0v) is 9.63. The van der Waals surface area contributed by atoms with Gasteiger partial charge in [-0.15, -0.1) is 11.3 Å². The van der Waals surface area contributed by atoms with Gasteiger partial charge in [-0.2, -0.15) is 5.26 Å². The van der Waals surface area contributed by atoms with E-state index in [4.69, 9.17) is 5.26 Å². The molecule has 2 rings (SSSR count). The molecule has 0 aliphatic rings. The van der Waals surface area contributed by atoms with E-state index in [0.29, 0.717) is 16.9 Å². The van der Waals surface area contributed by atoms with Crippen molar-refractivity contribution in [3.8, 4) is 6.07 Å². The fourth-order valence-corrected chi connectivity index (χ4v) is 2.32. The van der Waals surface area contributed by atoms with Gasteiger partial charge in [0.2, 0.25) is 5.78 Å². The molecule has 0 saturated heterocycles. The van der Waals surface area contributed by atoms with Crippen LogP contribution >= 0.6 is 11.3 Å². The Labute approximate surface area is 102 Å². The van der Waals surface area contributed by atoms with Crippen molar-refractivity contribution in [2.45, 2.75) is 6.42 Å². The van der Waals surface area contributed by atoms with Crippen LogP contribution in [0.25, 0.3) is 0 Å². The lowest BCUT2D eigenvalue weighted by Crippen LogP contribution is -1.97. The van der Waals surface area contributed by atoms with E-state index in [1.165, 1.54) is 35.6 Å². The van der Waals surface area contributed by atoms with E-state index in [2.05, 4.69) is 0 Å². The van der Waals surface area contributed by atoms with Gasteiger partial charge < -0.3 is 0 Å². The van der Waals surface area contributed by atoms with Crippen molar-refractivity contribution in [2.24, 2.45) is 0 Å². The van der Waals surface area contributed by atoms with E-state index in [0.717, 1.165) is 4.88 Å². The van der Waals surface area contributed by atoms with Gasteiger partial charge in [0.1, 0.15) is 5.82 Å². The van der Waals surface area contributed by atoms with Crippen LogP contribution in [0, 0.1) is 17.1 Å². The fraction of sp³-hybridized carbons (Fsp3) is 0.0769. The summed E-state index contributed by atoms with van der Waals surface area (Å²) in [6.45, 7) is 0. The molecule has 1 aromatic carbocycles. The summed E-state index contributed by atoms with van der Waals surface area (Å²) in [6, 6.07) is 10.9. The standard InChI is InChI=1S/C13H8FNOS/c14-10-3-1-9(2-4-10)13(16)12-6-5-11(17-12)7-8-15/h1-6H,7H2. The van der Waals surface area contributed by atoms with Crippen molar-refractivity contribution in [3.63, 3.8) is 0 Å². The lowest BCUT2D eigenvalue weighted by molar-refractivity contribution is 0.104. The van der Waals surface area contributed by atoms with Gasteiger partial charge in [0.25, 0.3) is 0 Å². The van der Waals surface area contributed by atoms with Crippen molar-refractivity contribution in [1.29, 1.82) is 5.26 Å². The first-order valence-corrected chi connectivity index (χ1v) is 5.78. The van der Waals surface area contributed by atoms with Crippen LogP contribution in [0.4, 0.5) is 4.39 Å². The Morgan fingerprint density at radius 2 is 1.94 bits per heavy atom. The smallest absolute Gasteiger partial charge is 0.202 e.